The molecule has 8 heteroatoms. The fraction of sp³-hybridized carbons (Fsp3) is 0.333. The summed E-state index contributed by atoms with van der Waals surface area (Å²) in [6.07, 6.45) is -2.84. The van der Waals surface area contributed by atoms with Crippen LogP contribution < -0.4 is 5.32 Å². The standard InChI is InChI=1S/C15H14F3N5/c1-8-2-3-10-9(6-20-22-10)12(8)13-11-7-19-4-5-23(11)14(21-13)15(16,17)18/h2-3,6,19H,4-5,7H2,1H3,(H,20,22). The van der Waals surface area contributed by atoms with Crippen LogP contribution in [-0.4, -0.2) is 26.3 Å². The van der Waals surface area contributed by atoms with Crippen LogP contribution in [0.15, 0.2) is 18.3 Å². The van der Waals surface area contributed by atoms with Crippen LogP contribution in [0.4, 0.5) is 13.2 Å². The van der Waals surface area contributed by atoms with E-state index >= 15 is 0 Å². The van der Waals surface area contributed by atoms with E-state index in [9.17, 15) is 13.2 Å². The van der Waals surface area contributed by atoms with Crippen molar-refractivity contribution in [3.63, 3.8) is 0 Å². The third-order valence-electron chi connectivity index (χ3n) is 4.20. The van der Waals surface area contributed by atoms with Gasteiger partial charge in [0, 0.05) is 30.6 Å². The fourth-order valence-electron chi connectivity index (χ4n) is 3.16. The fourth-order valence-corrected chi connectivity index (χ4v) is 3.16. The number of rotatable bonds is 1. The summed E-state index contributed by atoms with van der Waals surface area (Å²) < 4.78 is 41.3. The predicted molar refractivity (Wildman–Crippen MR) is 78.8 cm³/mol. The lowest BCUT2D eigenvalue weighted by atomic mass is 10.00. The van der Waals surface area contributed by atoms with Crippen molar-refractivity contribution in [2.45, 2.75) is 26.2 Å². The minimum atomic E-state index is -4.47. The number of alkyl halides is 3. The van der Waals surface area contributed by atoms with Gasteiger partial charge >= 0.3 is 6.18 Å². The van der Waals surface area contributed by atoms with E-state index in [1.807, 2.05) is 19.1 Å². The molecular formula is C15H14F3N5. The molecule has 0 aliphatic carbocycles. The summed E-state index contributed by atoms with van der Waals surface area (Å²) in [5, 5.41) is 10.8. The third kappa shape index (κ3) is 2.13. The molecule has 2 N–H and O–H groups in total. The first-order chi connectivity index (χ1) is 11.0. The summed E-state index contributed by atoms with van der Waals surface area (Å²) in [6, 6.07) is 3.73. The summed E-state index contributed by atoms with van der Waals surface area (Å²) in [7, 11) is 0. The Morgan fingerprint density at radius 3 is 2.87 bits per heavy atom. The zero-order valence-electron chi connectivity index (χ0n) is 12.3. The number of H-pyrrole nitrogens is 1. The van der Waals surface area contributed by atoms with Crippen molar-refractivity contribution in [1.82, 2.24) is 25.1 Å². The molecule has 4 rings (SSSR count). The number of aryl methyl sites for hydroxylation is 1. The molecule has 120 valence electrons. The predicted octanol–water partition coefficient (Wildman–Crippen LogP) is 2.86. The molecule has 0 amide bonds. The molecule has 0 atom stereocenters. The van der Waals surface area contributed by atoms with Gasteiger partial charge in [0.05, 0.1) is 23.1 Å². The highest BCUT2D eigenvalue weighted by Gasteiger charge is 2.39. The van der Waals surface area contributed by atoms with Gasteiger partial charge in [-0.25, -0.2) is 4.98 Å². The summed E-state index contributed by atoms with van der Waals surface area (Å²) in [5.74, 6) is -0.830. The number of aromatic nitrogens is 4. The summed E-state index contributed by atoms with van der Waals surface area (Å²) in [6.45, 7) is 3.00. The first-order valence-corrected chi connectivity index (χ1v) is 7.27. The Bertz CT molecular complexity index is 891. The van der Waals surface area contributed by atoms with Crippen LogP contribution >= 0.6 is 0 Å². The average Bonchev–Trinajstić information content (AvgIpc) is 3.11. The van der Waals surface area contributed by atoms with E-state index in [0.29, 0.717) is 30.0 Å². The molecule has 0 radical (unpaired) electrons. The van der Waals surface area contributed by atoms with Crippen LogP contribution in [0.5, 0.6) is 0 Å². The Morgan fingerprint density at radius 1 is 1.26 bits per heavy atom. The molecule has 5 nitrogen and oxygen atoms in total. The normalized spacial score (nSPS) is 15.1. The monoisotopic (exact) mass is 321 g/mol. The zero-order chi connectivity index (χ0) is 16.2. The molecule has 0 spiro atoms. The molecule has 0 unspecified atom stereocenters. The van der Waals surface area contributed by atoms with Crippen LogP contribution in [0.25, 0.3) is 22.2 Å². The number of hydrogen-bond donors (Lipinski definition) is 2. The van der Waals surface area contributed by atoms with E-state index < -0.39 is 12.0 Å². The number of aromatic amines is 1. The maximum absolute atomic E-state index is 13.3. The van der Waals surface area contributed by atoms with Gasteiger partial charge in [0.2, 0.25) is 5.82 Å². The molecule has 1 aromatic carbocycles. The van der Waals surface area contributed by atoms with Gasteiger partial charge in [0.1, 0.15) is 0 Å². The Morgan fingerprint density at radius 2 is 2.09 bits per heavy atom. The van der Waals surface area contributed by atoms with E-state index in [4.69, 9.17) is 0 Å². The van der Waals surface area contributed by atoms with Crippen LogP contribution in [-0.2, 0) is 19.3 Å². The lowest BCUT2D eigenvalue weighted by molar-refractivity contribution is -0.147. The Labute approximate surface area is 129 Å². The maximum Gasteiger partial charge on any atom is 0.449 e. The topological polar surface area (TPSA) is 58.5 Å². The van der Waals surface area contributed by atoms with Gasteiger partial charge in [-0.1, -0.05) is 6.07 Å². The lowest BCUT2D eigenvalue weighted by Gasteiger charge is -2.19. The van der Waals surface area contributed by atoms with Gasteiger partial charge < -0.3 is 9.88 Å². The minimum Gasteiger partial charge on any atom is -0.321 e. The molecule has 3 aromatic rings. The Kier molecular flexibility index (Phi) is 2.99. The molecule has 0 fully saturated rings. The second kappa shape index (κ2) is 4.82. The highest BCUT2D eigenvalue weighted by atomic mass is 19.4. The molecule has 0 bridgehead atoms. The van der Waals surface area contributed by atoms with Gasteiger partial charge in [0.25, 0.3) is 0 Å². The average molecular weight is 321 g/mol. The molecule has 1 aliphatic heterocycles. The van der Waals surface area contributed by atoms with E-state index in [-0.39, 0.29) is 6.54 Å². The third-order valence-corrected chi connectivity index (χ3v) is 4.20. The van der Waals surface area contributed by atoms with E-state index in [1.54, 1.807) is 6.20 Å². The van der Waals surface area contributed by atoms with E-state index in [1.165, 1.54) is 4.57 Å². The van der Waals surface area contributed by atoms with Crippen LogP contribution in [0.1, 0.15) is 17.1 Å². The van der Waals surface area contributed by atoms with E-state index in [2.05, 4.69) is 20.5 Å². The SMILES string of the molecule is Cc1ccc2[nH]ncc2c1-c1nc(C(F)(F)F)n2c1CNCC2. The zero-order valence-corrected chi connectivity index (χ0v) is 12.3. The maximum atomic E-state index is 13.3. The summed E-state index contributed by atoms with van der Waals surface area (Å²) >= 11 is 0. The van der Waals surface area contributed by atoms with Crippen molar-refractivity contribution in [2.24, 2.45) is 0 Å². The van der Waals surface area contributed by atoms with Crippen molar-refractivity contribution >= 4 is 10.9 Å². The largest absolute Gasteiger partial charge is 0.449 e. The minimum absolute atomic E-state index is 0.261. The van der Waals surface area contributed by atoms with Gasteiger partial charge in [0.15, 0.2) is 0 Å². The Hall–Kier alpha value is -2.35. The molecule has 3 heterocycles. The summed E-state index contributed by atoms with van der Waals surface area (Å²) in [5.41, 5.74) is 3.32. The van der Waals surface area contributed by atoms with Crippen molar-refractivity contribution in [3.05, 3.63) is 35.4 Å². The molecule has 0 saturated carbocycles. The number of nitrogens with one attached hydrogen (secondary N) is 2. The lowest BCUT2D eigenvalue weighted by Crippen LogP contribution is -2.30. The number of nitrogens with zero attached hydrogens (tertiary/aromatic N) is 3. The second-order valence-electron chi connectivity index (χ2n) is 5.65. The van der Waals surface area contributed by atoms with Crippen molar-refractivity contribution in [1.29, 1.82) is 0 Å². The van der Waals surface area contributed by atoms with Crippen LogP contribution in [0.3, 0.4) is 0 Å². The van der Waals surface area contributed by atoms with Crippen LogP contribution in [0.2, 0.25) is 0 Å². The highest BCUT2D eigenvalue weighted by Crippen LogP contribution is 2.38. The van der Waals surface area contributed by atoms with Gasteiger partial charge in [-0.15, -0.1) is 0 Å². The van der Waals surface area contributed by atoms with Crippen molar-refractivity contribution in [3.8, 4) is 11.3 Å². The molecule has 23 heavy (non-hydrogen) atoms. The quantitative estimate of drug-likeness (QED) is 0.724. The van der Waals surface area contributed by atoms with Crippen molar-refractivity contribution < 1.29 is 13.2 Å². The number of halogens is 3. The van der Waals surface area contributed by atoms with Crippen molar-refractivity contribution in [2.75, 3.05) is 6.54 Å². The highest BCUT2D eigenvalue weighted by molar-refractivity contribution is 5.95. The van der Waals surface area contributed by atoms with Crippen LogP contribution in [0, 0.1) is 6.92 Å². The first kappa shape index (κ1) is 14.3. The van der Waals surface area contributed by atoms with Gasteiger partial charge in [-0.3, -0.25) is 5.10 Å². The number of imidazole rings is 1. The van der Waals surface area contributed by atoms with E-state index in [0.717, 1.165) is 16.5 Å². The smallest absolute Gasteiger partial charge is 0.321 e. The number of fused-ring (bicyclic) bond motifs is 2. The second-order valence-corrected chi connectivity index (χ2v) is 5.65. The first-order valence-electron chi connectivity index (χ1n) is 7.27. The molecular weight excluding hydrogens is 307 g/mol. The van der Waals surface area contributed by atoms with Gasteiger partial charge in [-0.2, -0.15) is 18.3 Å². The molecule has 2 aromatic heterocycles. The molecule has 0 saturated heterocycles. The van der Waals surface area contributed by atoms with Gasteiger partial charge in [-0.05, 0) is 18.6 Å². The summed E-state index contributed by atoms with van der Waals surface area (Å²) in [4.78, 5) is 3.98. The number of hydrogen-bond acceptors (Lipinski definition) is 3. The number of benzene rings is 1. The Balaban J connectivity index is 2.04. The molecule has 1 aliphatic rings.